The van der Waals surface area contributed by atoms with Gasteiger partial charge in [0.1, 0.15) is 6.61 Å². The first-order valence-corrected chi connectivity index (χ1v) is 3.20. The molecule has 3 heterocycles. The summed E-state index contributed by atoms with van der Waals surface area (Å²) in [4.78, 5) is 5.19. The van der Waals surface area contributed by atoms with Crippen LogP contribution in [0.2, 0.25) is 0 Å². The molecule has 3 aliphatic rings. The van der Waals surface area contributed by atoms with E-state index in [2.05, 4.69) is 0 Å². The van der Waals surface area contributed by atoms with Crippen LogP contribution >= 0.6 is 0 Å². The first-order valence-electron chi connectivity index (χ1n) is 3.20. The van der Waals surface area contributed by atoms with E-state index in [1.807, 2.05) is 11.7 Å². The zero-order valence-corrected chi connectivity index (χ0v) is 4.84. The van der Waals surface area contributed by atoms with Crippen molar-refractivity contribution in [1.82, 2.24) is 5.06 Å². The van der Waals surface area contributed by atoms with Gasteiger partial charge >= 0.3 is 0 Å². The molecule has 0 aromatic carbocycles. The quantitative estimate of drug-likeness (QED) is 0.459. The SMILES string of the molecule is [CH]1ON2CCC1CC2. The van der Waals surface area contributed by atoms with Crippen LogP contribution in [0, 0.1) is 12.5 Å². The van der Waals surface area contributed by atoms with Crippen LogP contribution in [0.3, 0.4) is 0 Å². The number of nitrogens with zero attached hydrogens (tertiary/aromatic N) is 1. The van der Waals surface area contributed by atoms with E-state index in [9.17, 15) is 0 Å². The molecule has 3 saturated heterocycles. The summed E-state index contributed by atoms with van der Waals surface area (Å²) in [5.41, 5.74) is 0. The van der Waals surface area contributed by atoms with E-state index in [-0.39, 0.29) is 0 Å². The summed E-state index contributed by atoms with van der Waals surface area (Å²) in [7, 11) is 0. The molecular weight excluding hydrogens is 102 g/mol. The lowest BCUT2D eigenvalue weighted by atomic mass is 9.98. The summed E-state index contributed by atoms with van der Waals surface area (Å²) in [5, 5.41) is 2.03. The topological polar surface area (TPSA) is 12.5 Å². The van der Waals surface area contributed by atoms with Gasteiger partial charge in [0.05, 0.1) is 0 Å². The van der Waals surface area contributed by atoms with E-state index in [0.29, 0.717) is 0 Å². The van der Waals surface area contributed by atoms with Crippen molar-refractivity contribution in [1.29, 1.82) is 0 Å². The highest BCUT2D eigenvalue weighted by Crippen LogP contribution is 2.26. The molecule has 0 aromatic rings. The Morgan fingerprint density at radius 1 is 1.38 bits per heavy atom. The second kappa shape index (κ2) is 1.71. The third-order valence-corrected chi connectivity index (χ3v) is 1.90. The van der Waals surface area contributed by atoms with Gasteiger partial charge in [-0.25, -0.2) is 0 Å². The molecule has 3 aliphatic heterocycles. The predicted molar refractivity (Wildman–Crippen MR) is 29.7 cm³/mol. The van der Waals surface area contributed by atoms with Gasteiger partial charge in [0.2, 0.25) is 0 Å². The molecule has 0 unspecified atom stereocenters. The Morgan fingerprint density at radius 3 is 2.25 bits per heavy atom. The summed E-state index contributed by atoms with van der Waals surface area (Å²) in [6, 6.07) is 0. The highest BCUT2D eigenvalue weighted by Gasteiger charge is 2.26. The lowest BCUT2D eigenvalue weighted by molar-refractivity contribution is -0.192. The maximum Gasteiger partial charge on any atom is 0.111 e. The average molecular weight is 112 g/mol. The summed E-state index contributed by atoms with van der Waals surface area (Å²) < 4.78 is 0. The Labute approximate surface area is 49.4 Å². The van der Waals surface area contributed by atoms with Gasteiger partial charge in [-0.3, -0.25) is 4.84 Å². The summed E-state index contributed by atoms with van der Waals surface area (Å²) in [6.45, 7) is 4.25. The molecule has 2 bridgehead atoms. The first-order chi connectivity index (χ1) is 3.95. The van der Waals surface area contributed by atoms with Gasteiger partial charge in [0, 0.05) is 13.1 Å². The fourth-order valence-electron chi connectivity index (χ4n) is 1.29. The van der Waals surface area contributed by atoms with Gasteiger partial charge in [-0.15, -0.1) is 0 Å². The van der Waals surface area contributed by atoms with E-state index in [1.54, 1.807) is 0 Å². The van der Waals surface area contributed by atoms with Crippen LogP contribution in [-0.4, -0.2) is 18.2 Å². The van der Waals surface area contributed by atoms with Gasteiger partial charge < -0.3 is 0 Å². The molecule has 2 heteroatoms. The largest absolute Gasteiger partial charge is 0.293 e. The second-order valence-electron chi connectivity index (χ2n) is 2.51. The average Bonchev–Trinajstić information content (AvgIpc) is 1.92. The van der Waals surface area contributed by atoms with Crippen molar-refractivity contribution < 1.29 is 4.84 Å². The Hall–Kier alpha value is -0.0800. The Kier molecular flexibility index (Phi) is 1.02. The van der Waals surface area contributed by atoms with Crippen LogP contribution in [-0.2, 0) is 4.84 Å². The molecule has 2 nitrogen and oxygen atoms in total. The van der Waals surface area contributed by atoms with Crippen LogP contribution < -0.4 is 0 Å². The van der Waals surface area contributed by atoms with E-state index in [4.69, 9.17) is 4.84 Å². The zero-order valence-electron chi connectivity index (χ0n) is 4.84. The van der Waals surface area contributed by atoms with Crippen molar-refractivity contribution in [2.24, 2.45) is 5.92 Å². The molecule has 1 radical (unpaired) electrons. The normalized spacial score (nSPS) is 45.0. The highest BCUT2D eigenvalue weighted by atomic mass is 16.7. The van der Waals surface area contributed by atoms with Gasteiger partial charge in [0.15, 0.2) is 0 Å². The molecule has 45 valence electrons. The highest BCUT2D eigenvalue weighted by molar-refractivity contribution is 4.78. The molecule has 0 aliphatic carbocycles. The number of hydrogen-bond acceptors (Lipinski definition) is 2. The molecule has 0 amide bonds. The van der Waals surface area contributed by atoms with E-state index in [0.717, 1.165) is 19.0 Å². The van der Waals surface area contributed by atoms with Crippen molar-refractivity contribution in [3.8, 4) is 0 Å². The number of piperidine rings is 1. The molecule has 0 N–H and O–H groups in total. The van der Waals surface area contributed by atoms with Crippen LogP contribution in [0.5, 0.6) is 0 Å². The van der Waals surface area contributed by atoms with Crippen molar-refractivity contribution >= 4 is 0 Å². The maximum absolute atomic E-state index is 5.19. The van der Waals surface area contributed by atoms with E-state index in [1.165, 1.54) is 12.8 Å². The van der Waals surface area contributed by atoms with Crippen LogP contribution in [0.4, 0.5) is 0 Å². The molecule has 0 spiro atoms. The monoisotopic (exact) mass is 112 g/mol. The number of fused-ring (bicyclic) bond motifs is 3. The van der Waals surface area contributed by atoms with Gasteiger partial charge in [-0.2, -0.15) is 5.06 Å². The second-order valence-corrected chi connectivity index (χ2v) is 2.51. The minimum absolute atomic E-state index is 0.764. The summed E-state index contributed by atoms with van der Waals surface area (Å²) >= 11 is 0. The summed E-state index contributed by atoms with van der Waals surface area (Å²) in [6.07, 6.45) is 2.61. The maximum atomic E-state index is 5.19. The zero-order chi connectivity index (χ0) is 5.40. The van der Waals surface area contributed by atoms with E-state index >= 15 is 0 Å². The smallest absolute Gasteiger partial charge is 0.111 e. The number of hydrogen-bond donors (Lipinski definition) is 0. The number of hydroxylamine groups is 2. The molecule has 0 saturated carbocycles. The standard InChI is InChI=1S/C6H10NO/c1-3-7-4-2-6(1)5-8-7/h5-6H,1-4H2. The molecule has 3 fully saturated rings. The van der Waals surface area contributed by atoms with Crippen LogP contribution in [0.1, 0.15) is 12.8 Å². The Bertz CT molecular complexity index is 63.5. The third-order valence-electron chi connectivity index (χ3n) is 1.90. The number of rotatable bonds is 0. The van der Waals surface area contributed by atoms with Crippen molar-refractivity contribution in [2.45, 2.75) is 12.8 Å². The van der Waals surface area contributed by atoms with Crippen molar-refractivity contribution in [3.05, 3.63) is 6.61 Å². The lowest BCUT2D eigenvalue weighted by Gasteiger charge is -2.37. The van der Waals surface area contributed by atoms with Crippen molar-refractivity contribution in [3.63, 3.8) is 0 Å². The van der Waals surface area contributed by atoms with Gasteiger partial charge in [0.25, 0.3) is 0 Å². The third kappa shape index (κ3) is 0.644. The van der Waals surface area contributed by atoms with Crippen LogP contribution in [0.25, 0.3) is 0 Å². The van der Waals surface area contributed by atoms with Crippen LogP contribution in [0.15, 0.2) is 0 Å². The Balaban J connectivity index is 2.03. The first kappa shape index (κ1) is 4.77. The predicted octanol–water partition coefficient (Wildman–Crippen LogP) is 0.805. The molecule has 8 heavy (non-hydrogen) atoms. The fraction of sp³-hybridized carbons (Fsp3) is 0.833. The fourth-order valence-corrected chi connectivity index (χ4v) is 1.29. The molecular formula is C6H10NO. The van der Waals surface area contributed by atoms with E-state index < -0.39 is 0 Å². The van der Waals surface area contributed by atoms with Gasteiger partial charge in [-0.1, -0.05) is 0 Å². The van der Waals surface area contributed by atoms with Crippen molar-refractivity contribution in [2.75, 3.05) is 13.1 Å². The lowest BCUT2D eigenvalue weighted by Crippen LogP contribution is -2.39. The molecule has 0 atom stereocenters. The Morgan fingerprint density at radius 2 is 2.12 bits per heavy atom. The molecule has 0 aromatic heterocycles. The minimum Gasteiger partial charge on any atom is -0.293 e. The minimum atomic E-state index is 0.764. The van der Waals surface area contributed by atoms with Gasteiger partial charge in [-0.05, 0) is 18.8 Å². The molecule has 3 rings (SSSR count). The summed E-state index contributed by atoms with van der Waals surface area (Å²) in [5.74, 6) is 0.764.